The minimum absolute atomic E-state index is 0.0677. The number of sulfonamides is 1. The zero-order valence-electron chi connectivity index (χ0n) is 16.7. The summed E-state index contributed by atoms with van der Waals surface area (Å²) in [5, 5.41) is 10.6. The van der Waals surface area contributed by atoms with Crippen LogP contribution < -0.4 is 4.31 Å². The van der Waals surface area contributed by atoms with E-state index in [4.69, 9.17) is 23.2 Å². The summed E-state index contributed by atoms with van der Waals surface area (Å²) >= 11 is 11.4. The van der Waals surface area contributed by atoms with Gasteiger partial charge in [0, 0.05) is 15.6 Å². The van der Waals surface area contributed by atoms with Gasteiger partial charge in [-0.3, -0.25) is 4.31 Å². The van der Waals surface area contributed by atoms with Gasteiger partial charge in [0.15, 0.2) is 0 Å². The quantitative estimate of drug-likeness (QED) is 0.338. The van der Waals surface area contributed by atoms with Crippen molar-refractivity contribution in [2.24, 2.45) is 0 Å². The molecule has 2 rings (SSSR count). The molecular weight excluding hydrogens is 465 g/mol. The van der Waals surface area contributed by atoms with E-state index in [0.717, 1.165) is 0 Å². The Balaban J connectivity index is 2.55. The van der Waals surface area contributed by atoms with E-state index in [2.05, 4.69) is 6.58 Å². The molecule has 164 valence electrons. The minimum Gasteiger partial charge on any atom is -0.392 e. The predicted octanol–water partition coefficient (Wildman–Crippen LogP) is 5.13. The first kappa shape index (κ1) is 25.0. The van der Waals surface area contributed by atoms with E-state index in [9.17, 15) is 18.1 Å². The van der Waals surface area contributed by atoms with Gasteiger partial charge in [0.2, 0.25) is 0 Å². The Morgan fingerprint density at radius 2 is 1.80 bits per heavy atom. The number of anilines is 1. The molecule has 0 radical (unpaired) electrons. The van der Waals surface area contributed by atoms with Crippen LogP contribution in [0.15, 0.2) is 60.0 Å². The Morgan fingerprint density at radius 1 is 1.17 bits per heavy atom. The first-order chi connectivity index (χ1) is 14.2. The highest BCUT2D eigenvalue weighted by molar-refractivity contribution is 7.93. The average molecular weight is 491 g/mol. The van der Waals surface area contributed by atoms with Crippen molar-refractivity contribution in [3.8, 4) is 0 Å². The zero-order valence-corrected chi connectivity index (χ0v) is 19.8. The number of benzene rings is 2. The van der Waals surface area contributed by atoms with Crippen LogP contribution in [0.5, 0.6) is 0 Å². The third-order valence-electron chi connectivity index (χ3n) is 4.61. The lowest BCUT2D eigenvalue weighted by molar-refractivity contribution is 0.282. The number of hydrogen-bond acceptors (Lipinski definition) is 4. The Hall–Kier alpha value is -1.22. The van der Waals surface area contributed by atoms with Crippen molar-refractivity contribution >= 4 is 50.1 Å². The summed E-state index contributed by atoms with van der Waals surface area (Å²) in [7, 11) is -4.01. The fourth-order valence-electron chi connectivity index (χ4n) is 3.02. The van der Waals surface area contributed by atoms with Gasteiger partial charge in [0.05, 0.1) is 23.2 Å². The van der Waals surface area contributed by atoms with Crippen LogP contribution in [0.3, 0.4) is 0 Å². The highest BCUT2D eigenvalue weighted by Crippen LogP contribution is 2.33. The van der Waals surface area contributed by atoms with Crippen LogP contribution in [0.2, 0.25) is 10.0 Å². The van der Waals surface area contributed by atoms with Crippen LogP contribution in [0.4, 0.5) is 5.69 Å². The summed E-state index contributed by atoms with van der Waals surface area (Å²) < 4.78 is 38.4. The Morgan fingerprint density at radius 3 is 2.37 bits per heavy atom. The molecule has 2 N–H and O–H groups in total. The first-order valence-electron chi connectivity index (χ1n) is 9.43. The van der Waals surface area contributed by atoms with Crippen molar-refractivity contribution in [3.05, 3.63) is 70.7 Å². The van der Waals surface area contributed by atoms with Gasteiger partial charge in [-0.15, -0.1) is 6.58 Å². The number of aliphatic hydroxyl groups is 1. The topological polar surface area (TPSA) is 77.8 Å². The summed E-state index contributed by atoms with van der Waals surface area (Å²) in [5.41, 5.74) is 0.725. The van der Waals surface area contributed by atoms with E-state index in [0.29, 0.717) is 45.6 Å². The van der Waals surface area contributed by atoms with Gasteiger partial charge in [0.25, 0.3) is 10.0 Å². The number of halogens is 2. The second kappa shape index (κ2) is 11.4. The van der Waals surface area contributed by atoms with Gasteiger partial charge < -0.3 is 5.11 Å². The van der Waals surface area contributed by atoms with E-state index >= 15 is 0 Å². The summed E-state index contributed by atoms with van der Waals surface area (Å²) in [6, 6.07) is 10.0. The van der Waals surface area contributed by atoms with Crippen LogP contribution in [-0.4, -0.2) is 35.6 Å². The standard InChI is InChI=1S/C21H26Cl2NO4S2/c1-3-19(6-5-13-29(26)4-2)24(21-14-18(23)8-7-16(21)15-25)30(27,28)20-11-9-17(22)10-12-20/h3,7-12,14,19,25-26H,1,4-6,13,15H2,2H3/q+1/t19-,29?/m1/s1. The maximum absolute atomic E-state index is 13.6. The number of rotatable bonds is 11. The Kier molecular flexibility index (Phi) is 9.53. The molecule has 2 aromatic rings. The van der Waals surface area contributed by atoms with Gasteiger partial charge in [-0.05, 0) is 56.2 Å². The minimum atomic E-state index is -4.01. The van der Waals surface area contributed by atoms with E-state index in [1.54, 1.807) is 18.2 Å². The van der Waals surface area contributed by atoms with Gasteiger partial charge in [0.1, 0.15) is 22.7 Å². The van der Waals surface area contributed by atoms with Crippen LogP contribution in [0.1, 0.15) is 25.3 Å². The van der Waals surface area contributed by atoms with Crippen molar-refractivity contribution in [3.63, 3.8) is 0 Å². The fourth-order valence-corrected chi connectivity index (χ4v) is 5.78. The molecule has 30 heavy (non-hydrogen) atoms. The molecule has 2 atom stereocenters. The van der Waals surface area contributed by atoms with E-state index < -0.39 is 27.2 Å². The lowest BCUT2D eigenvalue weighted by atomic mass is 10.1. The lowest BCUT2D eigenvalue weighted by Gasteiger charge is -2.32. The summed E-state index contributed by atoms with van der Waals surface area (Å²) in [6.07, 6.45) is 2.64. The Labute approximate surface area is 191 Å². The molecule has 5 nitrogen and oxygen atoms in total. The van der Waals surface area contributed by atoms with Crippen molar-refractivity contribution in [1.82, 2.24) is 0 Å². The molecular formula is C21H26Cl2NO4S2+. The molecule has 2 aromatic carbocycles. The molecule has 0 spiro atoms. The summed E-state index contributed by atoms with van der Waals surface area (Å²) in [4.78, 5) is 0.0677. The summed E-state index contributed by atoms with van der Waals surface area (Å²) in [5.74, 6) is 1.24. The molecule has 9 heteroatoms. The zero-order chi connectivity index (χ0) is 22.3. The van der Waals surface area contributed by atoms with Crippen LogP contribution in [-0.2, 0) is 27.8 Å². The molecule has 0 aliphatic rings. The highest BCUT2D eigenvalue weighted by atomic mass is 35.5. The largest absolute Gasteiger partial charge is 0.392 e. The van der Waals surface area contributed by atoms with Gasteiger partial charge >= 0.3 is 0 Å². The number of nitrogens with zero attached hydrogens (tertiary/aromatic N) is 1. The van der Waals surface area contributed by atoms with Crippen molar-refractivity contribution < 1.29 is 18.1 Å². The summed E-state index contributed by atoms with van der Waals surface area (Å²) in [6.45, 7) is 5.40. The van der Waals surface area contributed by atoms with Crippen LogP contribution in [0.25, 0.3) is 0 Å². The molecule has 0 aliphatic carbocycles. The van der Waals surface area contributed by atoms with E-state index in [-0.39, 0.29) is 11.5 Å². The van der Waals surface area contributed by atoms with E-state index in [1.807, 2.05) is 6.92 Å². The molecule has 0 aliphatic heterocycles. The second-order valence-electron chi connectivity index (χ2n) is 6.59. The van der Waals surface area contributed by atoms with Gasteiger partial charge in [-0.1, -0.05) is 35.3 Å². The maximum Gasteiger partial charge on any atom is 0.264 e. The second-order valence-corrected chi connectivity index (χ2v) is 11.2. The van der Waals surface area contributed by atoms with Gasteiger partial charge in [-0.25, -0.2) is 8.42 Å². The van der Waals surface area contributed by atoms with Crippen molar-refractivity contribution in [2.75, 3.05) is 15.8 Å². The fraction of sp³-hybridized carbons (Fsp3) is 0.333. The van der Waals surface area contributed by atoms with Gasteiger partial charge in [-0.2, -0.15) is 4.55 Å². The molecule has 0 fully saturated rings. The van der Waals surface area contributed by atoms with E-state index in [1.165, 1.54) is 34.6 Å². The highest BCUT2D eigenvalue weighted by Gasteiger charge is 2.32. The van der Waals surface area contributed by atoms with Crippen LogP contribution >= 0.6 is 23.2 Å². The molecule has 0 saturated heterocycles. The normalized spacial score (nSPS) is 13.6. The smallest absolute Gasteiger partial charge is 0.264 e. The molecule has 0 bridgehead atoms. The first-order valence-corrected chi connectivity index (χ1v) is 13.1. The molecule has 0 amide bonds. The Bertz CT molecular complexity index is 952. The third-order valence-corrected chi connectivity index (χ3v) is 8.38. The molecule has 1 unspecified atom stereocenters. The third kappa shape index (κ3) is 6.15. The average Bonchev–Trinajstić information content (AvgIpc) is 2.73. The van der Waals surface area contributed by atoms with Crippen LogP contribution in [0, 0.1) is 0 Å². The molecule has 0 saturated carbocycles. The number of hydrogen-bond donors (Lipinski definition) is 2. The maximum atomic E-state index is 13.6. The predicted molar refractivity (Wildman–Crippen MR) is 127 cm³/mol. The molecule has 0 aromatic heterocycles. The monoisotopic (exact) mass is 490 g/mol. The SMILES string of the molecule is C=C[C@H](CCC[S+](O)CC)N(c1cc(Cl)ccc1CO)S(=O)(=O)c1ccc(Cl)cc1. The van der Waals surface area contributed by atoms with Crippen molar-refractivity contribution in [2.45, 2.75) is 37.3 Å². The molecule has 0 heterocycles. The van der Waals surface area contributed by atoms with Crippen molar-refractivity contribution in [1.29, 1.82) is 0 Å². The lowest BCUT2D eigenvalue weighted by Crippen LogP contribution is -2.40. The number of aliphatic hydroxyl groups excluding tert-OH is 1.